The van der Waals surface area contributed by atoms with Gasteiger partial charge < -0.3 is 10.1 Å². The van der Waals surface area contributed by atoms with E-state index in [1.807, 2.05) is 6.20 Å². The third-order valence-electron chi connectivity index (χ3n) is 3.20. The molecular formula is C16H28N2O. The van der Waals surface area contributed by atoms with Crippen molar-refractivity contribution in [3.8, 4) is 5.75 Å². The number of nitrogens with one attached hydrogen (secondary N) is 1. The molecular weight excluding hydrogens is 236 g/mol. The Morgan fingerprint density at radius 3 is 2.74 bits per heavy atom. The first kappa shape index (κ1) is 16.0. The van der Waals surface area contributed by atoms with Gasteiger partial charge in [-0.05, 0) is 50.3 Å². The first-order chi connectivity index (χ1) is 9.30. The molecule has 1 aromatic heterocycles. The summed E-state index contributed by atoms with van der Waals surface area (Å²) in [7, 11) is 0. The third-order valence-corrected chi connectivity index (χ3v) is 3.20. The highest BCUT2D eigenvalue weighted by atomic mass is 16.5. The van der Waals surface area contributed by atoms with Crippen molar-refractivity contribution in [1.29, 1.82) is 0 Å². The van der Waals surface area contributed by atoms with Crippen LogP contribution in [0.25, 0.3) is 0 Å². The van der Waals surface area contributed by atoms with Crippen molar-refractivity contribution >= 4 is 0 Å². The summed E-state index contributed by atoms with van der Waals surface area (Å²) in [6.45, 7) is 8.43. The van der Waals surface area contributed by atoms with E-state index in [0.717, 1.165) is 38.2 Å². The molecule has 19 heavy (non-hydrogen) atoms. The Bertz CT molecular complexity index is 341. The van der Waals surface area contributed by atoms with E-state index < -0.39 is 0 Å². The quantitative estimate of drug-likeness (QED) is 0.701. The molecule has 3 nitrogen and oxygen atoms in total. The lowest BCUT2D eigenvalue weighted by atomic mass is 10.0. The second kappa shape index (κ2) is 9.79. The highest BCUT2D eigenvalue weighted by Gasteiger charge is 2.06. The first-order valence-electron chi connectivity index (χ1n) is 7.60. The van der Waals surface area contributed by atoms with Gasteiger partial charge in [0.25, 0.3) is 0 Å². The monoisotopic (exact) mass is 264 g/mol. The van der Waals surface area contributed by atoms with Crippen molar-refractivity contribution < 1.29 is 4.74 Å². The van der Waals surface area contributed by atoms with Crippen molar-refractivity contribution in [1.82, 2.24) is 10.3 Å². The minimum absolute atomic E-state index is 0.611. The van der Waals surface area contributed by atoms with Gasteiger partial charge in [0.1, 0.15) is 5.75 Å². The normalized spacial score (nSPS) is 12.4. The Labute approximate surface area is 117 Å². The van der Waals surface area contributed by atoms with E-state index >= 15 is 0 Å². The summed E-state index contributed by atoms with van der Waals surface area (Å²) >= 11 is 0. The average molecular weight is 264 g/mol. The largest absolute Gasteiger partial charge is 0.492 e. The fourth-order valence-electron chi connectivity index (χ4n) is 2.04. The lowest BCUT2D eigenvalue weighted by Gasteiger charge is -2.16. The van der Waals surface area contributed by atoms with Crippen LogP contribution < -0.4 is 10.1 Å². The number of rotatable bonds is 10. The smallest absolute Gasteiger partial charge is 0.137 e. The Morgan fingerprint density at radius 1 is 1.21 bits per heavy atom. The van der Waals surface area contributed by atoms with E-state index in [1.54, 1.807) is 6.20 Å². The van der Waals surface area contributed by atoms with Crippen LogP contribution in [0.2, 0.25) is 0 Å². The maximum absolute atomic E-state index is 5.62. The standard InChI is InChI=1S/C16H28N2O/c1-4-9-18-15(6-3)8-7-14-11-16(13-17-12-14)19-10-5-2/h11-13,15,18H,4-10H2,1-3H3. The molecule has 108 valence electrons. The van der Waals surface area contributed by atoms with E-state index in [2.05, 4.69) is 37.1 Å². The van der Waals surface area contributed by atoms with Crippen molar-refractivity contribution in [2.45, 2.75) is 58.9 Å². The Hall–Kier alpha value is -1.09. The van der Waals surface area contributed by atoms with E-state index in [0.29, 0.717) is 6.04 Å². The van der Waals surface area contributed by atoms with Crippen molar-refractivity contribution in [2.24, 2.45) is 0 Å². The summed E-state index contributed by atoms with van der Waals surface area (Å²) in [5, 5.41) is 3.59. The second-order valence-electron chi connectivity index (χ2n) is 4.98. The van der Waals surface area contributed by atoms with Gasteiger partial charge in [0, 0.05) is 12.2 Å². The molecule has 1 N–H and O–H groups in total. The predicted molar refractivity (Wildman–Crippen MR) is 80.7 cm³/mol. The van der Waals surface area contributed by atoms with Gasteiger partial charge >= 0.3 is 0 Å². The molecule has 1 atom stereocenters. The van der Waals surface area contributed by atoms with Crippen LogP contribution >= 0.6 is 0 Å². The molecule has 1 aromatic rings. The first-order valence-corrected chi connectivity index (χ1v) is 7.60. The van der Waals surface area contributed by atoms with E-state index in [1.165, 1.54) is 18.4 Å². The van der Waals surface area contributed by atoms with Crippen LogP contribution in [-0.2, 0) is 6.42 Å². The summed E-state index contributed by atoms with van der Waals surface area (Å²) in [4.78, 5) is 4.26. The molecule has 0 saturated carbocycles. The number of pyridine rings is 1. The second-order valence-corrected chi connectivity index (χ2v) is 4.98. The van der Waals surface area contributed by atoms with Gasteiger partial charge in [-0.3, -0.25) is 4.98 Å². The molecule has 0 spiro atoms. The molecule has 0 aliphatic rings. The minimum Gasteiger partial charge on any atom is -0.492 e. The number of nitrogens with zero attached hydrogens (tertiary/aromatic N) is 1. The molecule has 0 saturated heterocycles. The van der Waals surface area contributed by atoms with Gasteiger partial charge in [0.2, 0.25) is 0 Å². The number of ether oxygens (including phenoxy) is 1. The molecule has 3 heteroatoms. The molecule has 1 rings (SSSR count). The van der Waals surface area contributed by atoms with Crippen LogP contribution in [0.4, 0.5) is 0 Å². The minimum atomic E-state index is 0.611. The fourth-order valence-corrected chi connectivity index (χ4v) is 2.04. The van der Waals surface area contributed by atoms with Gasteiger partial charge in [-0.1, -0.05) is 20.8 Å². The van der Waals surface area contributed by atoms with Gasteiger partial charge in [0.05, 0.1) is 12.8 Å². The van der Waals surface area contributed by atoms with Crippen LogP contribution in [0.1, 0.15) is 52.0 Å². The van der Waals surface area contributed by atoms with E-state index in [4.69, 9.17) is 4.74 Å². The number of aromatic nitrogens is 1. The third kappa shape index (κ3) is 6.58. The van der Waals surface area contributed by atoms with Crippen molar-refractivity contribution in [3.63, 3.8) is 0 Å². The zero-order valence-electron chi connectivity index (χ0n) is 12.6. The van der Waals surface area contributed by atoms with Crippen LogP contribution in [-0.4, -0.2) is 24.2 Å². The SMILES string of the molecule is CCCNC(CC)CCc1cncc(OCCC)c1. The van der Waals surface area contributed by atoms with Crippen LogP contribution in [0, 0.1) is 0 Å². The van der Waals surface area contributed by atoms with Gasteiger partial charge in [-0.25, -0.2) is 0 Å². The molecule has 0 radical (unpaired) electrons. The molecule has 0 aromatic carbocycles. The lowest BCUT2D eigenvalue weighted by Crippen LogP contribution is -2.29. The zero-order valence-corrected chi connectivity index (χ0v) is 12.6. The van der Waals surface area contributed by atoms with Gasteiger partial charge in [-0.2, -0.15) is 0 Å². The Balaban J connectivity index is 2.42. The molecule has 0 fully saturated rings. The molecule has 0 aliphatic heterocycles. The molecule has 1 unspecified atom stereocenters. The van der Waals surface area contributed by atoms with Crippen molar-refractivity contribution in [2.75, 3.05) is 13.2 Å². The molecule has 0 bridgehead atoms. The van der Waals surface area contributed by atoms with Crippen LogP contribution in [0.5, 0.6) is 5.75 Å². The zero-order chi connectivity index (χ0) is 13.9. The van der Waals surface area contributed by atoms with E-state index in [-0.39, 0.29) is 0 Å². The molecule has 0 amide bonds. The summed E-state index contributed by atoms with van der Waals surface area (Å²) in [5.41, 5.74) is 1.27. The highest BCUT2D eigenvalue weighted by Crippen LogP contribution is 2.14. The van der Waals surface area contributed by atoms with Gasteiger partial charge in [-0.15, -0.1) is 0 Å². The Morgan fingerprint density at radius 2 is 2.05 bits per heavy atom. The predicted octanol–water partition coefficient (Wildman–Crippen LogP) is 3.58. The van der Waals surface area contributed by atoms with E-state index in [9.17, 15) is 0 Å². The number of hydrogen-bond donors (Lipinski definition) is 1. The molecule has 0 aliphatic carbocycles. The fraction of sp³-hybridized carbons (Fsp3) is 0.688. The summed E-state index contributed by atoms with van der Waals surface area (Å²) in [5.74, 6) is 0.897. The van der Waals surface area contributed by atoms with Gasteiger partial charge in [0.15, 0.2) is 0 Å². The van der Waals surface area contributed by atoms with Crippen molar-refractivity contribution in [3.05, 3.63) is 24.0 Å². The summed E-state index contributed by atoms with van der Waals surface area (Å²) < 4.78 is 5.62. The lowest BCUT2D eigenvalue weighted by molar-refractivity contribution is 0.315. The Kier molecular flexibility index (Phi) is 8.23. The maximum atomic E-state index is 5.62. The topological polar surface area (TPSA) is 34.2 Å². The maximum Gasteiger partial charge on any atom is 0.137 e. The summed E-state index contributed by atoms with van der Waals surface area (Å²) in [6, 6.07) is 2.73. The molecule has 1 heterocycles. The number of aryl methyl sites for hydroxylation is 1. The highest BCUT2D eigenvalue weighted by molar-refractivity contribution is 5.23. The average Bonchev–Trinajstić information content (AvgIpc) is 2.46. The number of hydrogen-bond acceptors (Lipinski definition) is 3. The summed E-state index contributed by atoms with van der Waals surface area (Å²) in [6.07, 6.45) is 9.37. The van der Waals surface area contributed by atoms with Crippen LogP contribution in [0.3, 0.4) is 0 Å². The van der Waals surface area contributed by atoms with Crippen LogP contribution in [0.15, 0.2) is 18.5 Å².